The van der Waals surface area contributed by atoms with Gasteiger partial charge in [-0.1, -0.05) is 105 Å². The molecule has 144 valence electrons. The van der Waals surface area contributed by atoms with Crippen molar-refractivity contribution in [2.45, 2.75) is 20.3 Å². The predicted molar refractivity (Wildman–Crippen MR) is 127 cm³/mol. The highest BCUT2D eigenvalue weighted by Crippen LogP contribution is 2.65. The molecule has 29 heavy (non-hydrogen) atoms. The molecular formula is C29H28. The molecule has 0 fully saturated rings. The molecule has 1 spiro atoms. The fourth-order valence-corrected chi connectivity index (χ4v) is 4.92. The Morgan fingerprint density at radius 3 is 2.00 bits per heavy atom. The molecule has 0 amide bonds. The lowest BCUT2D eigenvalue weighted by molar-refractivity contribution is 0.492. The van der Waals surface area contributed by atoms with Gasteiger partial charge < -0.3 is 0 Å². The Hall–Kier alpha value is -3.30. The summed E-state index contributed by atoms with van der Waals surface area (Å²) in [5.41, 5.74) is 7.59. The van der Waals surface area contributed by atoms with Gasteiger partial charge in [0.25, 0.3) is 0 Å². The van der Waals surface area contributed by atoms with Crippen molar-refractivity contribution in [3.63, 3.8) is 0 Å². The Labute approximate surface area is 175 Å². The summed E-state index contributed by atoms with van der Waals surface area (Å²) in [5.74, 6) is 6.94. The van der Waals surface area contributed by atoms with Crippen LogP contribution in [-0.2, 0) is 0 Å². The summed E-state index contributed by atoms with van der Waals surface area (Å²) in [4.78, 5) is 0. The number of hydrogen-bond donors (Lipinski definition) is 0. The quantitative estimate of drug-likeness (QED) is 0.427. The van der Waals surface area contributed by atoms with Crippen LogP contribution < -0.4 is 0 Å². The van der Waals surface area contributed by atoms with E-state index >= 15 is 0 Å². The van der Waals surface area contributed by atoms with E-state index in [1.165, 1.54) is 16.7 Å². The van der Waals surface area contributed by atoms with Gasteiger partial charge in [-0.2, -0.15) is 0 Å². The van der Waals surface area contributed by atoms with E-state index in [-0.39, 0.29) is 5.92 Å². The number of hydrogen-bond acceptors (Lipinski definition) is 0. The zero-order chi connectivity index (χ0) is 21.0. The van der Waals surface area contributed by atoms with E-state index in [4.69, 9.17) is 0 Å². The second-order valence-corrected chi connectivity index (χ2v) is 7.11. The normalized spacial score (nSPS) is 28.8. The number of fused-ring (bicyclic) bond motifs is 2. The third kappa shape index (κ3) is 2.78. The van der Waals surface area contributed by atoms with Crippen molar-refractivity contribution < 1.29 is 0 Å². The van der Waals surface area contributed by atoms with E-state index in [2.05, 4.69) is 87.6 Å². The fraction of sp³-hybridized carbons (Fsp3) is 0.172. The van der Waals surface area contributed by atoms with Gasteiger partial charge in [-0.15, -0.1) is 0 Å². The molecule has 0 heteroatoms. The molecular weight excluding hydrogens is 348 g/mol. The molecule has 0 N–H and O–H groups in total. The van der Waals surface area contributed by atoms with Gasteiger partial charge in [-0.3, -0.25) is 0 Å². The standard InChI is InChI=1S/C29H28/c1-7-17-26-22(10-4)21(9-3)25(12-6)29(26)27(18-8-2)23(11-5)24-19-15-13-14-16-20-28(24)29/h7-13,15,17-19,28H,3-6,14H2,1-2H3/b15-13-,17-7-,18-8-,24-19-. The van der Waals surface area contributed by atoms with Crippen LogP contribution >= 0.6 is 0 Å². The summed E-state index contributed by atoms with van der Waals surface area (Å²) >= 11 is 0. The maximum Gasteiger partial charge on any atom is 0.0647 e. The van der Waals surface area contributed by atoms with E-state index in [0.717, 1.165) is 28.7 Å². The van der Waals surface area contributed by atoms with E-state index in [1.54, 1.807) is 0 Å². The lowest BCUT2D eigenvalue weighted by Gasteiger charge is -2.36. The second kappa shape index (κ2) is 8.38. The van der Waals surface area contributed by atoms with Crippen LogP contribution in [0.3, 0.4) is 0 Å². The minimum Gasteiger partial charge on any atom is -0.0987 e. The third-order valence-electron chi connectivity index (χ3n) is 5.85. The van der Waals surface area contributed by atoms with Crippen molar-refractivity contribution in [1.82, 2.24) is 0 Å². The minimum atomic E-state index is -0.457. The molecule has 0 aromatic rings. The Bertz CT molecular complexity index is 1060. The van der Waals surface area contributed by atoms with Crippen LogP contribution in [0, 0.1) is 23.2 Å². The molecule has 0 aliphatic heterocycles. The summed E-state index contributed by atoms with van der Waals surface area (Å²) in [7, 11) is 0. The summed E-state index contributed by atoms with van der Waals surface area (Å²) in [6, 6.07) is 0. The highest BCUT2D eigenvalue weighted by Gasteiger charge is 2.56. The first-order valence-corrected chi connectivity index (χ1v) is 10.0. The summed E-state index contributed by atoms with van der Waals surface area (Å²) in [6.45, 7) is 20.7. The van der Waals surface area contributed by atoms with Gasteiger partial charge in [0.15, 0.2) is 0 Å². The number of rotatable bonds is 6. The van der Waals surface area contributed by atoms with Crippen LogP contribution in [0.1, 0.15) is 20.3 Å². The third-order valence-corrected chi connectivity index (χ3v) is 5.85. The van der Waals surface area contributed by atoms with Gasteiger partial charge in [0.2, 0.25) is 0 Å². The van der Waals surface area contributed by atoms with Gasteiger partial charge in [-0.25, -0.2) is 0 Å². The first kappa shape index (κ1) is 20.4. The largest absolute Gasteiger partial charge is 0.0987 e. The Kier molecular flexibility index (Phi) is 5.90. The molecule has 0 bridgehead atoms. The zero-order valence-corrected chi connectivity index (χ0v) is 17.5. The van der Waals surface area contributed by atoms with Gasteiger partial charge >= 0.3 is 0 Å². The Morgan fingerprint density at radius 2 is 1.45 bits per heavy atom. The Balaban J connectivity index is 2.59. The average Bonchev–Trinajstić information content (AvgIpc) is 3.11. The Morgan fingerprint density at radius 1 is 0.862 bits per heavy atom. The fourth-order valence-electron chi connectivity index (χ4n) is 4.92. The van der Waals surface area contributed by atoms with Crippen LogP contribution in [-0.4, -0.2) is 0 Å². The van der Waals surface area contributed by atoms with Crippen molar-refractivity contribution >= 4 is 0 Å². The van der Waals surface area contributed by atoms with Crippen LogP contribution in [0.4, 0.5) is 0 Å². The first-order chi connectivity index (χ1) is 14.2. The molecule has 3 rings (SSSR count). The highest BCUT2D eigenvalue weighted by molar-refractivity contribution is 5.78. The zero-order valence-electron chi connectivity index (χ0n) is 17.5. The molecule has 2 atom stereocenters. The molecule has 0 saturated heterocycles. The van der Waals surface area contributed by atoms with Crippen LogP contribution in [0.15, 0.2) is 132 Å². The molecule has 0 aromatic carbocycles. The van der Waals surface area contributed by atoms with E-state index in [1.807, 2.05) is 31.2 Å². The van der Waals surface area contributed by atoms with E-state index < -0.39 is 5.41 Å². The maximum absolute atomic E-state index is 4.20. The first-order valence-electron chi connectivity index (χ1n) is 10.0. The topological polar surface area (TPSA) is 0 Å². The smallest absolute Gasteiger partial charge is 0.0647 e. The SMILES string of the molecule is C=CC1=C(C=C)C2(C(/C=C\C)=C1C=C)C(/C=C\C)=C(C=C)C1=C/C=C\CC#CC\12. The monoisotopic (exact) mass is 376 g/mol. The van der Waals surface area contributed by atoms with Crippen LogP contribution in [0.5, 0.6) is 0 Å². The molecule has 0 heterocycles. The molecule has 0 saturated carbocycles. The van der Waals surface area contributed by atoms with Crippen molar-refractivity contribution in [2.75, 3.05) is 0 Å². The van der Waals surface area contributed by atoms with Crippen LogP contribution in [0.2, 0.25) is 0 Å². The molecule has 3 aliphatic carbocycles. The van der Waals surface area contributed by atoms with Crippen molar-refractivity contribution in [2.24, 2.45) is 11.3 Å². The number of allylic oxidation sites excluding steroid dienone is 18. The molecule has 0 nitrogen and oxygen atoms in total. The van der Waals surface area contributed by atoms with Gasteiger partial charge in [0.05, 0.1) is 11.3 Å². The predicted octanol–water partition coefficient (Wildman–Crippen LogP) is 7.29. The van der Waals surface area contributed by atoms with E-state index in [9.17, 15) is 0 Å². The summed E-state index contributed by atoms with van der Waals surface area (Å²) < 4.78 is 0. The minimum absolute atomic E-state index is 0.0294. The molecule has 0 radical (unpaired) electrons. The van der Waals surface area contributed by atoms with Gasteiger partial charge in [-0.05, 0) is 52.9 Å². The molecule has 0 aromatic heterocycles. The summed E-state index contributed by atoms with van der Waals surface area (Å²) in [5, 5.41) is 0. The second-order valence-electron chi connectivity index (χ2n) is 7.11. The van der Waals surface area contributed by atoms with E-state index in [0.29, 0.717) is 0 Å². The maximum atomic E-state index is 4.20. The van der Waals surface area contributed by atoms with Gasteiger partial charge in [0, 0.05) is 6.42 Å². The van der Waals surface area contributed by atoms with Crippen molar-refractivity contribution in [3.05, 3.63) is 132 Å². The summed E-state index contributed by atoms with van der Waals surface area (Å²) in [6.07, 6.45) is 23.5. The molecule has 2 unspecified atom stereocenters. The van der Waals surface area contributed by atoms with Crippen LogP contribution in [0.25, 0.3) is 0 Å². The van der Waals surface area contributed by atoms with Gasteiger partial charge in [0.1, 0.15) is 0 Å². The average molecular weight is 377 g/mol. The lowest BCUT2D eigenvalue weighted by Crippen LogP contribution is -2.30. The highest BCUT2D eigenvalue weighted by atomic mass is 14.6. The van der Waals surface area contributed by atoms with Crippen molar-refractivity contribution in [1.29, 1.82) is 0 Å². The molecule has 3 aliphatic rings. The lowest BCUT2D eigenvalue weighted by atomic mass is 9.64. The van der Waals surface area contributed by atoms with Crippen molar-refractivity contribution in [3.8, 4) is 11.8 Å².